The molecule has 3 heterocycles. The van der Waals surface area contributed by atoms with Crippen molar-refractivity contribution < 1.29 is 23.0 Å². The standard InChI is InChI=1S/C23H26N2O5S/c26-13-12-24-11-10-23(29-14-15-30-23)17-22(24)21-16-18-6-4-5-9-20(18)25(21)31(27,28)19-7-2-1-3-8-19/h1-9,16,22,26H,10-15,17H2. The second kappa shape index (κ2) is 8.03. The van der Waals surface area contributed by atoms with Crippen molar-refractivity contribution in [1.29, 1.82) is 0 Å². The van der Waals surface area contributed by atoms with Crippen LogP contribution in [0.2, 0.25) is 0 Å². The van der Waals surface area contributed by atoms with E-state index in [2.05, 4.69) is 4.90 Å². The highest BCUT2D eigenvalue weighted by molar-refractivity contribution is 7.90. The quantitative estimate of drug-likeness (QED) is 0.655. The average molecular weight is 443 g/mol. The van der Waals surface area contributed by atoms with Gasteiger partial charge in [0.15, 0.2) is 5.79 Å². The molecular weight excluding hydrogens is 416 g/mol. The first-order valence-corrected chi connectivity index (χ1v) is 12.0. The molecule has 1 unspecified atom stereocenters. The van der Waals surface area contributed by atoms with Gasteiger partial charge in [-0.2, -0.15) is 0 Å². The summed E-state index contributed by atoms with van der Waals surface area (Å²) in [5.41, 5.74) is 1.30. The molecular formula is C23H26N2O5S. The number of piperidine rings is 1. The summed E-state index contributed by atoms with van der Waals surface area (Å²) in [5, 5.41) is 10.5. The maximum absolute atomic E-state index is 13.8. The number of aliphatic hydroxyl groups excluding tert-OH is 1. The highest BCUT2D eigenvalue weighted by Gasteiger charge is 2.46. The molecule has 0 bridgehead atoms. The predicted molar refractivity (Wildman–Crippen MR) is 116 cm³/mol. The normalized spacial score (nSPS) is 21.8. The van der Waals surface area contributed by atoms with E-state index in [-0.39, 0.29) is 17.5 Å². The molecule has 164 valence electrons. The van der Waals surface area contributed by atoms with Crippen molar-refractivity contribution in [3.8, 4) is 0 Å². The molecule has 0 amide bonds. The maximum atomic E-state index is 13.8. The number of para-hydroxylation sites is 1. The first-order valence-electron chi connectivity index (χ1n) is 10.6. The van der Waals surface area contributed by atoms with Crippen molar-refractivity contribution in [2.45, 2.75) is 29.6 Å². The highest BCUT2D eigenvalue weighted by Crippen LogP contribution is 2.43. The van der Waals surface area contributed by atoms with Crippen LogP contribution in [0.5, 0.6) is 0 Å². The van der Waals surface area contributed by atoms with Crippen molar-refractivity contribution in [2.24, 2.45) is 0 Å². The van der Waals surface area contributed by atoms with Gasteiger partial charge in [-0.25, -0.2) is 12.4 Å². The van der Waals surface area contributed by atoms with Gasteiger partial charge in [-0.15, -0.1) is 0 Å². The molecule has 0 radical (unpaired) electrons. The lowest BCUT2D eigenvalue weighted by Crippen LogP contribution is -2.48. The van der Waals surface area contributed by atoms with E-state index < -0.39 is 15.8 Å². The smallest absolute Gasteiger partial charge is 0.268 e. The number of hydrogen-bond acceptors (Lipinski definition) is 6. The van der Waals surface area contributed by atoms with Crippen molar-refractivity contribution in [3.63, 3.8) is 0 Å². The molecule has 3 aromatic rings. The fourth-order valence-corrected chi connectivity index (χ4v) is 6.38. The number of likely N-dealkylation sites (tertiary alicyclic amines) is 1. The Kier molecular flexibility index (Phi) is 5.35. The molecule has 2 aliphatic heterocycles. The summed E-state index contributed by atoms with van der Waals surface area (Å²) in [6, 6.07) is 17.7. The molecule has 5 rings (SSSR count). The number of aliphatic hydroxyl groups is 1. The van der Waals surface area contributed by atoms with Crippen LogP contribution in [-0.2, 0) is 19.5 Å². The molecule has 2 aromatic carbocycles. The Labute approximate surface area is 181 Å². The van der Waals surface area contributed by atoms with Crippen LogP contribution >= 0.6 is 0 Å². The lowest BCUT2D eigenvalue weighted by atomic mass is 9.93. The number of rotatable bonds is 5. The van der Waals surface area contributed by atoms with Crippen LogP contribution in [0.1, 0.15) is 24.6 Å². The zero-order valence-electron chi connectivity index (χ0n) is 17.2. The van der Waals surface area contributed by atoms with Crippen molar-refractivity contribution in [3.05, 3.63) is 66.4 Å². The third kappa shape index (κ3) is 3.58. The Bertz CT molecular complexity index is 1170. The Hall–Kier alpha value is -2.23. The van der Waals surface area contributed by atoms with Crippen molar-refractivity contribution in [2.75, 3.05) is 32.9 Å². The van der Waals surface area contributed by atoms with Gasteiger partial charge >= 0.3 is 0 Å². The van der Waals surface area contributed by atoms with E-state index in [4.69, 9.17) is 9.47 Å². The number of aromatic nitrogens is 1. The number of ether oxygens (including phenoxy) is 2. The Morgan fingerprint density at radius 1 is 1.03 bits per heavy atom. The fraction of sp³-hybridized carbons (Fsp3) is 0.391. The van der Waals surface area contributed by atoms with Crippen LogP contribution in [-0.4, -0.2) is 61.1 Å². The van der Waals surface area contributed by atoms with Crippen molar-refractivity contribution in [1.82, 2.24) is 8.87 Å². The topological polar surface area (TPSA) is 81.0 Å². The number of nitrogens with zero attached hydrogens (tertiary/aromatic N) is 2. The number of β-amino-alcohol motifs (C(OH)–C–C–N with tert-alkyl or cyclic N) is 1. The summed E-state index contributed by atoms with van der Waals surface area (Å²) < 4.78 is 41.0. The van der Waals surface area contributed by atoms with E-state index >= 15 is 0 Å². The molecule has 2 saturated heterocycles. The maximum Gasteiger partial charge on any atom is 0.268 e. The van der Waals surface area contributed by atoms with Gasteiger partial charge in [-0.05, 0) is 24.3 Å². The molecule has 0 saturated carbocycles. The molecule has 0 aliphatic carbocycles. The van der Waals surface area contributed by atoms with Gasteiger partial charge in [-0.1, -0.05) is 36.4 Å². The summed E-state index contributed by atoms with van der Waals surface area (Å²) in [6.07, 6.45) is 1.20. The van der Waals surface area contributed by atoms with E-state index in [1.165, 1.54) is 3.97 Å². The summed E-state index contributed by atoms with van der Waals surface area (Å²) >= 11 is 0. The van der Waals surface area contributed by atoms with Crippen molar-refractivity contribution >= 4 is 20.9 Å². The Morgan fingerprint density at radius 3 is 2.48 bits per heavy atom. The zero-order chi connectivity index (χ0) is 21.5. The lowest BCUT2D eigenvalue weighted by molar-refractivity contribution is -0.198. The minimum Gasteiger partial charge on any atom is -0.395 e. The second-order valence-electron chi connectivity index (χ2n) is 8.05. The summed E-state index contributed by atoms with van der Waals surface area (Å²) in [4.78, 5) is 2.37. The molecule has 1 N–H and O–H groups in total. The predicted octanol–water partition coefficient (Wildman–Crippen LogP) is 2.75. The fourth-order valence-electron chi connectivity index (χ4n) is 4.79. The lowest BCUT2D eigenvalue weighted by Gasteiger charge is -2.43. The third-order valence-electron chi connectivity index (χ3n) is 6.24. The minimum atomic E-state index is -3.83. The van der Waals surface area contributed by atoms with Gasteiger partial charge in [0.1, 0.15) is 0 Å². The second-order valence-corrected chi connectivity index (χ2v) is 9.83. The van der Waals surface area contributed by atoms with E-state index in [1.807, 2.05) is 30.3 Å². The van der Waals surface area contributed by atoms with Gasteiger partial charge in [0.25, 0.3) is 10.0 Å². The highest BCUT2D eigenvalue weighted by atomic mass is 32.2. The largest absolute Gasteiger partial charge is 0.395 e. The van der Waals surface area contributed by atoms with E-state index in [1.54, 1.807) is 30.3 Å². The Balaban J connectivity index is 1.69. The first-order chi connectivity index (χ1) is 15.0. The van der Waals surface area contributed by atoms with E-state index in [0.717, 1.165) is 5.39 Å². The van der Waals surface area contributed by atoms with Crippen LogP contribution < -0.4 is 0 Å². The van der Waals surface area contributed by atoms with Gasteiger partial charge in [0, 0.05) is 31.3 Å². The number of fused-ring (bicyclic) bond motifs is 1. The molecule has 2 aliphatic rings. The molecule has 1 spiro atoms. The van der Waals surface area contributed by atoms with Gasteiger partial charge in [0.05, 0.1) is 42.0 Å². The summed E-state index contributed by atoms with van der Waals surface area (Å²) in [6.45, 7) is 2.18. The number of hydrogen-bond donors (Lipinski definition) is 1. The first kappa shape index (κ1) is 20.7. The van der Waals surface area contributed by atoms with Crippen LogP contribution in [0.4, 0.5) is 0 Å². The minimum absolute atomic E-state index is 0.00310. The van der Waals surface area contributed by atoms with Crippen LogP contribution in [0, 0.1) is 0 Å². The SMILES string of the molecule is O=S(=O)(c1ccccc1)n1c(C2CC3(CCN2CCO)OCCO3)cc2ccccc21. The van der Waals surface area contributed by atoms with E-state index in [0.29, 0.717) is 50.4 Å². The van der Waals surface area contributed by atoms with Gasteiger partial charge < -0.3 is 14.6 Å². The molecule has 7 nitrogen and oxygen atoms in total. The monoisotopic (exact) mass is 442 g/mol. The summed E-state index contributed by atoms with van der Waals surface area (Å²) in [7, 11) is -3.83. The van der Waals surface area contributed by atoms with Crippen LogP contribution in [0.3, 0.4) is 0 Å². The molecule has 1 aromatic heterocycles. The summed E-state index contributed by atoms with van der Waals surface area (Å²) in [5.74, 6) is -0.700. The molecule has 31 heavy (non-hydrogen) atoms. The van der Waals surface area contributed by atoms with E-state index in [9.17, 15) is 13.5 Å². The number of benzene rings is 2. The zero-order valence-corrected chi connectivity index (χ0v) is 18.0. The molecule has 1 atom stereocenters. The average Bonchev–Trinajstić information content (AvgIpc) is 3.41. The van der Waals surface area contributed by atoms with Crippen LogP contribution in [0.15, 0.2) is 65.6 Å². The third-order valence-corrected chi connectivity index (χ3v) is 8.00. The van der Waals surface area contributed by atoms with Gasteiger partial charge in [-0.3, -0.25) is 4.90 Å². The van der Waals surface area contributed by atoms with Crippen LogP contribution in [0.25, 0.3) is 10.9 Å². The Morgan fingerprint density at radius 2 is 1.74 bits per heavy atom. The van der Waals surface area contributed by atoms with Gasteiger partial charge in [0.2, 0.25) is 0 Å². The molecule has 8 heteroatoms. The molecule has 2 fully saturated rings.